The Morgan fingerprint density at radius 3 is 2.59 bits per heavy atom. The van der Waals surface area contributed by atoms with Gasteiger partial charge in [-0.15, -0.1) is 0 Å². The smallest absolute Gasteiger partial charge is 0.251 e. The first-order chi connectivity index (χ1) is 7.97. The fraction of sp³-hybridized carbons (Fsp3) is 0.250. The normalized spacial score (nSPS) is 15.4. The van der Waals surface area contributed by atoms with E-state index in [0.717, 1.165) is 0 Å². The van der Waals surface area contributed by atoms with Crippen molar-refractivity contribution in [3.63, 3.8) is 0 Å². The molecule has 1 atom stereocenters. The first kappa shape index (κ1) is 13.8. The van der Waals surface area contributed by atoms with Gasteiger partial charge in [0.15, 0.2) is 5.67 Å². The summed E-state index contributed by atoms with van der Waals surface area (Å²) < 4.78 is 14.1. The van der Waals surface area contributed by atoms with Crippen LogP contribution in [0.2, 0.25) is 0 Å². The van der Waals surface area contributed by atoms with Crippen LogP contribution in [-0.2, 0) is 9.63 Å². The molecule has 3 nitrogen and oxygen atoms in total. The van der Waals surface area contributed by atoms with Gasteiger partial charge in [0.1, 0.15) is 6.61 Å². The van der Waals surface area contributed by atoms with Crippen LogP contribution in [-0.4, -0.2) is 17.5 Å². The number of hydrogen-bond acceptors (Lipinski definition) is 3. The summed E-state index contributed by atoms with van der Waals surface area (Å²) in [4.78, 5) is 15.5. The lowest BCUT2D eigenvalue weighted by Crippen LogP contribution is -2.32. The average molecular weight is 258 g/mol. The predicted molar refractivity (Wildman–Crippen MR) is 64.9 cm³/mol. The molecule has 0 fully saturated rings. The lowest BCUT2D eigenvalue weighted by Gasteiger charge is -2.20. The van der Waals surface area contributed by atoms with E-state index in [-0.39, 0.29) is 5.57 Å². The highest BCUT2D eigenvalue weighted by Gasteiger charge is 2.33. The number of hydrogen-bond donors (Lipinski definition) is 1. The lowest BCUT2D eigenvalue weighted by atomic mass is 9.97. The summed E-state index contributed by atoms with van der Waals surface area (Å²) in [5, 5.41) is -0.865. The maximum atomic E-state index is 14.1. The molecule has 0 saturated carbocycles. The molecule has 92 valence electrons. The third kappa shape index (κ3) is 3.93. The molecule has 0 saturated heterocycles. The second kappa shape index (κ2) is 5.91. The molecule has 0 heterocycles. The molecule has 5 heteroatoms. The van der Waals surface area contributed by atoms with E-state index in [1.54, 1.807) is 24.3 Å². The largest absolute Gasteiger partial charge is 0.301 e. The fourth-order valence-corrected chi connectivity index (χ4v) is 1.61. The van der Waals surface area contributed by atoms with Crippen LogP contribution in [0.15, 0.2) is 35.9 Å². The van der Waals surface area contributed by atoms with E-state index >= 15 is 0 Å². The molecule has 1 unspecified atom stereocenters. The van der Waals surface area contributed by atoms with Crippen molar-refractivity contribution >= 4 is 22.9 Å². The number of nitrogens with two attached hydrogens (primary N) is 1. The molecule has 0 aliphatic heterocycles. The van der Waals surface area contributed by atoms with Gasteiger partial charge in [-0.05, 0) is 30.2 Å². The molecule has 17 heavy (non-hydrogen) atoms. The van der Waals surface area contributed by atoms with Crippen LogP contribution >= 0.6 is 11.6 Å². The molecule has 2 N–H and O–H groups in total. The highest BCUT2D eigenvalue weighted by molar-refractivity contribution is 6.68. The zero-order valence-corrected chi connectivity index (χ0v) is 10.1. The third-order valence-electron chi connectivity index (χ3n) is 2.24. The second-order valence-electron chi connectivity index (χ2n) is 3.75. The van der Waals surface area contributed by atoms with Gasteiger partial charge in [0.2, 0.25) is 0 Å². The van der Waals surface area contributed by atoms with Crippen LogP contribution in [0.5, 0.6) is 0 Å². The van der Waals surface area contributed by atoms with Crippen LogP contribution in [0.4, 0.5) is 4.39 Å². The monoisotopic (exact) mass is 257 g/mol. The van der Waals surface area contributed by atoms with Gasteiger partial charge in [-0.3, -0.25) is 4.79 Å². The van der Waals surface area contributed by atoms with Gasteiger partial charge < -0.3 is 4.84 Å². The summed E-state index contributed by atoms with van der Waals surface area (Å²) >= 11 is 5.37. The predicted octanol–water partition coefficient (Wildman–Crippen LogP) is 2.45. The SMILES string of the molecule is CC(F)(CON)C(=Cc1ccccc1)C(=O)Cl. The van der Waals surface area contributed by atoms with E-state index in [9.17, 15) is 9.18 Å². The van der Waals surface area contributed by atoms with Gasteiger partial charge in [0.25, 0.3) is 5.24 Å². The van der Waals surface area contributed by atoms with Gasteiger partial charge in [-0.2, -0.15) is 0 Å². The molecule has 1 aromatic rings. The molecule has 0 aliphatic rings. The van der Waals surface area contributed by atoms with Gasteiger partial charge in [0, 0.05) is 0 Å². The van der Waals surface area contributed by atoms with Crippen LogP contribution < -0.4 is 5.90 Å². The molecule has 0 aromatic heterocycles. The van der Waals surface area contributed by atoms with Crippen molar-refractivity contribution in [1.82, 2.24) is 0 Å². The van der Waals surface area contributed by atoms with E-state index in [2.05, 4.69) is 4.84 Å². The molecule has 0 spiro atoms. The van der Waals surface area contributed by atoms with Crippen molar-refractivity contribution in [3.8, 4) is 0 Å². The highest BCUT2D eigenvalue weighted by Crippen LogP contribution is 2.26. The average Bonchev–Trinajstić information content (AvgIpc) is 2.26. The molecule has 0 radical (unpaired) electrons. The minimum atomic E-state index is -2.02. The van der Waals surface area contributed by atoms with Gasteiger partial charge in [-0.1, -0.05) is 30.3 Å². The summed E-state index contributed by atoms with van der Waals surface area (Å²) in [6.45, 7) is 0.749. The second-order valence-corrected chi connectivity index (χ2v) is 4.09. The molecule has 1 rings (SSSR count). The maximum absolute atomic E-state index is 14.1. The molecule has 0 bridgehead atoms. The molecular formula is C12H13ClFNO2. The standard InChI is InChI=1S/C12H13ClFNO2/c1-12(14,8-17-15)10(11(13)16)7-9-5-3-2-4-6-9/h2-7H,8,15H2,1H3. The van der Waals surface area contributed by atoms with Crippen molar-refractivity contribution in [3.05, 3.63) is 41.5 Å². The summed E-state index contributed by atoms with van der Waals surface area (Å²) in [7, 11) is 0. The van der Waals surface area contributed by atoms with E-state index in [4.69, 9.17) is 17.5 Å². The van der Waals surface area contributed by atoms with E-state index in [1.165, 1.54) is 13.0 Å². The number of carbonyl (C=O) groups excluding carboxylic acids is 1. The number of halogens is 2. The lowest BCUT2D eigenvalue weighted by molar-refractivity contribution is -0.110. The van der Waals surface area contributed by atoms with Crippen LogP contribution in [0.1, 0.15) is 12.5 Å². The van der Waals surface area contributed by atoms with Crippen molar-refractivity contribution in [2.45, 2.75) is 12.6 Å². The highest BCUT2D eigenvalue weighted by atomic mass is 35.5. The number of rotatable bonds is 5. The van der Waals surface area contributed by atoms with E-state index in [1.807, 2.05) is 6.07 Å². The summed E-state index contributed by atoms with van der Waals surface area (Å²) in [5.41, 5.74) is -1.53. The Hall–Kier alpha value is -1.23. The maximum Gasteiger partial charge on any atom is 0.251 e. The Bertz CT molecular complexity index is 418. The first-order valence-electron chi connectivity index (χ1n) is 4.95. The van der Waals surface area contributed by atoms with Crippen molar-refractivity contribution in [2.75, 3.05) is 6.61 Å². The molecule has 1 aromatic carbocycles. The Balaban J connectivity index is 3.10. The van der Waals surface area contributed by atoms with Gasteiger partial charge in [-0.25, -0.2) is 10.3 Å². The van der Waals surface area contributed by atoms with Crippen LogP contribution in [0.3, 0.4) is 0 Å². The summed E-state index contributed by atoms with van der Waals surface area (Å²) in [6, 6.07) is 8.84. The van der Waals surface area contributed by atoms with E-state index in [0.29, 0.717) is 5.56 Å². The van der Waals surface area contributed by atoms with Crippen molar-refractivity contribution in [2.24, 2.45) is 5.90 Å². The molecule has 0 amide bonds. The fourth-order valence-electron chi connectivity index (χ4n) is 1.36. The number of carbonyl (C=O) groups is 1. The quantitative estimate of drug-likeness (QED) is 0.501. The zero-order chi connectivity index (χ0) is 12.9. The minimum absolute atomic E-state index is 0.184. The summed E-state index contributed by atoms with van der Waals surface area (Å²) in [5.74, 6) is 4.82. The Morgan fingerprint density at radius 1 is 1.53 bits per heavy atom. The van der Waals surface area contributed by atoms with Gasteiger partial charge in [0.05, 0.1) is 5.57 Å². The van der Waals surface area contributed by atoms with Gasteiger partial charge >= 0.3 is 0 Å². The van der Waals surface area contributed by atoms with Crippen LogP contribution in [0, 0.1) is 0 Å². The van der Waals surface area contributed by atoms with Crippen LogP contribution in [0.25, 0.3) is 6.08 Å². The topological polar surface area (TPSA) is 52.3 Å². The molecule has 0 aliphatic carbocycles. The number of benzene rings is 1. The van der Waals surface area contributed by atoms with Crippen molar-refractivity contribution < 1.29 is 14.0 Å². The summed E-state index contributed by atoms with van der Waals surface area (Å²) in [6.07, 6.45) is 1.38. The number of alkyl halides is 1. The zero-order valence-electron chi connectivity index (χ0n) is 9.32. The Morgan fingerprint density at radius 2 is 2.12 bits per heavy atom. The molecular weight excluding hydrogens is 245 g/mol. The minimum Gasteiger partial charge on any atom is -0.301 e. The Kier molecular flexibility index (Phi) is 4.81. The first-order valence-corrected chi connectivity index (χ1v) is 5.33. The third-order valence-corrected chi connectivity index (χ3v) is 2.44. The van der Waals surface area contributed by atoms with Crippen molar-refractivity contribution in [1.29, 1.82) is 0 Å². The van der Waals surface area contributed by atoms with E-state index < -0.39 is 17.5 Å². The Labute approximate surface area is 104 Å².